The molecule has 1 aliphatic rings. The fourth-order valence-corrected chi connectivity index (χ4v) is 1.60. The summed E-state index contributed by atoms with van der Waals surface area (Å²) in [7, 11) is 0. The number of aliphatic carboxylic acids is 1. The molecule has 17 heavy (non-hydrogen) atoms. The van der Waals surface area contributed by atoms with E-state index >= 15 is 0 Å². The van der Waals surface area contributed by atoms with Gasteiger partial charge in [0.05, 0.1) is 6.54 Å². The lowest BCUT2D eigenvalue weighted by atomic mass is 10.1. The molecule has 0 aliphatic heterocycles. The van der Waals surface area contributed by atoms with Crippen molar-refractivity contribution in [2.45, 2.75) is 44.8 Å². The van der Waals surface area contributed by atoms with E-state index in [4.69, 9.17) is 10.2 Å². The molecule has 98 valence electrons. The van der Waals surface area contributed by atoms with Crippen molar-refractivity contribution in [3.8, 4) is 0 Å². The van der Waals surface area contributed by atoms with Gasteiger partial charge in [-0.3, -0.25) is 0 Å². The van der Waals surface area contributed by atoms with Crippen LogP contribution in [0, 0.1) is 5.92 Å². The zero-order valence-corrected chi connectivity index (χ0v) is 9.98. The highest BCUT2D eigenvalue weighted by atomic mass is 16.4. The molecule has 0 heterocycles. The lowest BCUT2D eigenvalue weighted by Crippen LogP contribution is -2.45. The van der Waals surface area contributed by atoms with E-state index in [9.17, 15) is 9.59 Å². The molecule has 0 saturated heterocycles. The maximum atomic E-state index is 11.4. The molecule has 2 atom stereocenters. The van der Waals surface area contributed by atoms with Crippen LogP contribution in [0.5, 0.6) is 0 Å². The van der Waals surface area contributed by atoms with Gasteiger partial charge in [-0.05, 0) is 18.8 Å². The molecule has 1 fully saturated rings. The highest BCUT2D eigenvalue weighted by molar-refractivity contribution is 5.76. The van der Waals surface area contributed by atoms with Gasteiger partial charge in [0.2, 0.25) is 0 Å². The predicted molar refractivity (Wildman–Crippen MR) is 61.6 cm³/mol. The number of aliphatic hydroxyl groups is 1. The Morgan fingerprint density at radius 1 is 1.41 bits per heavy atom. The van der Waals surface area contributed by atoms with E-state index in [2.05, 4.69) is 10.6 Å². The Hall–Kier alpha value is -1.30. The smallest absolute Gasteiger partial charge is 0.334 e. The minimum Gasteiger partial charge on any atom is -0.479 e. The number of carbonyl (C=O) groups excluding carboxylic acids is 1. The van der Waals surface area contributed by atoms with Crippen molar-refractivity contribution in [2.75, 3.05) is 6.54 Å². The number of hydrogen-bond donors (Lipinski definition) is 4. The van der Waals surface area contributed by atoms with Crippen LogP contribution in [0.1, 0.15) is 32.6 Å². The van der Waals surface area contributed by atoms with Crippen LogP contribution in [-0.2, 0) is 4.79 Å². The number of carbonyl (C=O) groups is 2. The summed E-state index contributed by atoms with van der Waals surface area (Å²) >= 11 is 0. The molecule has 0 aromatic rings. The standard InChI is InChI=1S/C11H20N2O4/c1-2-8(5-7-3-4-7)13-11(17)12-6-9(14)10(15)16/h7-9,14H,2-6H2,1H3,(H,15,16)(H2,12,13,17)/t8?,9-/m0/s1. The number of carboxylic acid groups (broad SMARTS) is 1. The van der Waals surface area contributed by atoms with Crippen molar-refractivity contribution in [1.29, 1.82) is 0 Å². The third kappa shape index (κ3) is 5.53. The number of amides is 2. The summed E-state index contributed by atoms with van der Waals surface area (Å²) < 4.78 is 0. The van der Waals surface area contributed by atoms with Crippen LogP contribution >= 0.6 is 0 Å². The van der Waals surface area contributed by atoms with Crippen molar-refractivity contribution in [1.82, 2.24) is 10.6 Å². The van der Waals surface area contributed by atoms with Crippen LogP contribution in [0.4, 0.5) is 4.79 Å². The Bertz CT molecular complexity index is 279. The minimum atomic E-state index is -1.55. The van der Waals surface area contributed by atoms with E-state index in [1.54, 1.807) is 0 Å². The van der Waals surface area contributed by atoms with Crippen molar-refractivity contribution in [3.63, 3.8) is 0 Å². The first-order chi connectivity index (χ1) is 8.02. The largest absolute Gasteiger partial charge is 0.479 e. The second-order valence-electron chi connectivity index (χ2n) is 4.49. The van der Waals surface area contributed by atoms with Gasteiger partial charge >= 0.3 is 12.0 Å². The molecule has 4 N–H and O–H groups in total. The number of nitrogens with one attached hydrogen (secondary N) is 2. The monoisotopic (exact) mass is 244 g/mol. The van der Waals surface area contributed by atoms with Crippen LogP contribution in [-0.4, -0.2) is 40.9 Å². The van der Waals surface area contributed by atoms with Gasteiger partial charge in [-0.1, -0.05) is 19.8 Å². The molecule has 1 unspecified atom stereocenters. The van der Waals surface area contributed by atoms with Crippen LogP contribution in [0.2, 0.25) is 0 Å². The fraction of sp³-hybridized carbons (Fsp3) is 0.818. The summed E-state index contributed by atoms with van der Waals surface area (Å²) in [5.41, 5.74) is 0. The average Bonchev–Trinajstić information content (AvgIpc) is 3.08. The van der Waals surface area contributed by atoms with Gasteiger partial charge in [-0.25, -0.2) is 9.59 Å². The second kappa shape index (κ2) is 6.44. The predicted octanol–water partition coefficient (Wildman–Crippen LogP) is 0.310. The maximum Gasteiger partial charge on any atom is 0.334 e. The molecule has 0 bridgehead atoms. The molecule has 1 saturated carbocycles. The Morgan fingerprint density at radius 2 is 2.06 bits per heavy atom. The van der Waals surface area contributed by atoms with Gasteiger partial charge < -0.3 is 20.8 Å². The first kappa shape index (κ1) is 13.8. The van der Waals surface area contributed by atoms with Crippen molar-refractivity contribution < 1.29 is 19.8 Å². The lowest BCUT2D eigenvalue weighted by molar-refractivity contribution is -0.146. The van der Waals surface area contributed by atoms with E-state index in [1.807, 2.05) is 6.92 Å². The summed E-state index contributed by atoms with van der Waals surface area (Å²) in [6.07, 6.45) is 2.75. The molecule has 1 rings (SSSR count). The zero-order chi connectivity index (χ0) is 12.8. The normalized spacial score (nSPS) is 18.2. The van der Waals surface area contributed by atoms with Gasteiger partial charge in [0.1, 0.15) is 0 Å². The van der Waals surface area contributed by atoms with Crippen LogP contribution in [0.3, 0.4) is 0 Å². The highest BCUT2D eigenvalue weighted by Gasteiger charge is 2.25. The van der Waals surface area contributed by atoms with Gasteiger partial charge in [0.15, 0.2) is 6.10 Å². The summed E-state index contributed by atoms with van der Waals surface area (Å²) in [6, 6.07) is -0.290. The molecule has 0 aromatic carbocycles. The Kier molecular flexibility index (Phi) is 5.21. The number of carboxylic acids is 1. The fourth-order valence-electron chi connectivity index (χ4n) is 1.60. The van der Waals surface area contributed by atoms with Gasteiger partial charge in [-0.2, -0.15) is 0 Å². The molecule has 0 aromatic heterocycles. The summed E-state index contributed by atoms with van der Waals surface area (Å²) in [5, 5.41) is 22.5. The number of urea groups is 1. The average molecular weight is 244 g/mol. The van der Waals surface area contributed by atoms with Gasteiger partial charge in [-0.15, -0.1) is 0 Å². The molecule has 6 heteroatoms. The molecule has 0 radical (unpaired) electrons. The van der Waals surface area contributed by atoms with Gasteiger partial charge in [0, 0.05) is 6.04 Å². The Labute approximate surface area is 100 Å². The third-order valence-electron chi connectivity index (χ3n) is 2.88. The lowest BCUT2D eigenvalue weighted by Gasteiger charge is -2.17. The molecular formula is C11H20N2O4. The first-order valence-corrected chi connectivity index (χ1v) is 5.98. The Balaban J connectivity index is 2.19. The van der Waals surface area contributed by atoms with Crippen LogP contribution < -0.4 is 10.6 Å². The summed E-state index contributed by atoms with van der Waals surface area (Å²) in [5.74, 6) is -0.611. The van der Waals surface area contributed by atoms with Crippen LogP contribution in [0.25, 0.3) is 0 Å². The molecule has 1 aliphatic carbocycles. The molecule has 6 nitrogen and oxygen atoms in total. The maximum absolute atomic E-state index is 11.4. The van der Waals surface area contributed by atoms with Crippen molar-refractivity contribution in [2.24, 2.45) is 5.92 Å². The van der Waals surface area contributed by atoms with Crippen LogP contribution in [0.15, 0.2) is 0 Å². The summed E-state index contributed by atoms with van der Waals surface area (Å²) in [4.78, 5) is 21.7. The second-order valence-corrected chi connectivity index (χ2v) is 4.49. The molecule has 2 amide bonds. The highest BCUT2D eigenvalue weighted by Crippen LogP contribution is 2.33. The van der Waals surface area contributed by atoms with E-state index in [-0.39, 0.29) is 12.6 Å². The zero-order valence-electron chi connectivity index (χ0n) is 9.98. The number of aliphatic hydroxyl groups excluding tert-OH is 1. The third-order valence-corrected chi connectivity index (χ3v) is 2.88. The van der Waals surface area contributed by atoms with Gasteiger partial charge in [0.25, 0.3) is 0 Å². The minimum absolute atomic E-state index is 0.129. The SMILES string of the molecule is CCC(CC1CC1)NC(=O)NC[C@H](O)C(=O)O. The van der Waals surface area contributed by atoms with Crippen molar-refractivity contribution in [3.05, 3.63) is 0 Å². The Morgan fingerprint density at radius 3 is 2.53 bits per heavy atom. The van der Waals surface area contributed by atoms with E-state index in [0.717, 1.165) is 18.8 Å². The topological polar surface area (TPSA) is 98.7 Å². The first-order valence-electron chi connectivity index (χ1n) is 5.98. The summed E-state index contributed by atoms with van der Waals surface area (Å²) in [6.45, 7) is 1.72. The van der Waals surface area contributed by atoms with E-state index in [0.29, 0.717) is 0 Å². The quantitative estimate of drug-likeness (QED) is 0.518. The molecular weight excluding hydrogens is 224 g/mol. The van der Waals surface area contributed by atoms with E-state index in [1.165, 1.54) is 12.8 Å². The molecule has 0 spiro atoms. The van der Waals surface area contributed by atoms with E-state index < -0.39 is 18.1 Å². The number of rotatable bonds is 7. The number of hydrogen-bond acceptors (Lipinski definition) is 3. The van der Waals surface area contributed by atoms with Crippen molar-refractivity contribution >= 4 is 12.0 Å².